The van der Waals surface area contributed by atoms with Gasteiger partial charge in [-0.25, -0.2) is 0 Å². The average Bonchev–Trinajstić information content (AvgIpc) is 2.69. The Morgan fingerprint density at radius 1 is 0.923 bits per heavy atom. The molecule has 0 aliphatic carbocycles. The van der Waals surface area contributed by atoms with Crippen LogP contribution in [0, 0.1) is 6.92 Å². The lowest BCUT2D eigenvalue weighted by Crippen LogP contribution is -2.41. The first-order chi connectivity index (χ1) is 12.7. The summed E-state index contributed by atoms with van der Waals surface area (Å²) in [5, 5.41) is 0. The van der Waals surface area contributed by atoms with Crippen LogP contribution < -0.4 is 9.64 Å². The van der Waals surface area contributed by atoms with Crippen molar-refractivity contribution in [2.24, 2.45) is 0 Å². The Balaban J connectivity index is 1.78. The fourth-order valence-electron chi connectivity index (χ4n) is 3.48. The first kappa shape index (κ1) is 16.4. The largest absolute Gasteiger partial charge is 0.490 e. The summed E-state index contributed by atoms with van der Waals surface area (Å²) in [4.78, 5) is 15.5. The molecule has 3 heteroatoms. The molecule has 3 aromatic rings. The molecule has 3 nitrogen and oxygen atoms in total. The van der Waals surface area contributed by atoms with Crippen LogP contribution in [0.25, 0.3) is 0 Å². The van der Waals surface area contributed by atoms with E-state index in [1.165, 1.54) is 0 Å². The van der Waals surface area contributed by atoms with Gasteiger partial charge in [0.2, 0.25) is 5.91 Å². The zero-order chi connectivity index (χ0) is 17.9. The van der Waals surface area contributed by atoms with Gasteiger partial charge in [-0.1, -0.05) is 66.7 Å². The molecule has 1 aliphatic rings. The van der Waals surface area contributed by atoms with Gasteiger partial charge in [-0.15, -0.1) is 0 Å². The van der Waals surface area contributed by atoms with Gasteiger partial charge in [0.05, 0.1) is 18.2 Å². The van der Waals surface area contributed by atoms with Gasteiger partial charge in [0, 0.05) is 0 Å². The summed E-state index contributed by atoms with van der Waals surface area (Å²) < 4.78 is 5.76. The van der Waals surface area contributed by atoms with E-state index in [1.54, 1.807) is 0 Å². The standard InChI is InChI=1S/C23H21NO2/c1-17-12-13-21-20(16-17)24(14-15-26-21)23(25)22(18-8-4-2-5-9-18)19-10-6-3-7-11-19/h2-13,16,22H,14-15H2,1H3. The summed E-state index contributed by atoms with van der Waals surface area (Å²) in [6.07, 6.45) is 0. The molecular formula is C23H21NO2. The Morgan fingerprint density at radius 3 is 2.15 bits per heavy atom. The molecule has 0 saturated carbocycles. The molecule has 0 N–H and O–H groups in total. The third-order valence-corrected chi connectivity index (χ3v) is 4.76. The lowest BCUT2D eigenvalue weighted by atomic mass is 9.89. The second-order valence-electron chi connectivity index (χ2n) is 6.56. The summed E-state index contributed by atoms with van der Waals surface area (Å²) in [5.74, 6) is 0.525. The molecule has 1 heterocycles. The molecule has 0 fully saturated rings. The number of ether oxygens (including phenoxy) is 1. The number of amides is 1. The maximum Gasteiger partial charge on any atom is 0.239 e. The zero-order valence-corrected chi connectivity index (χ0v) is 14.8. The van der Waals surface area contributed by atoms with E-state index >= 15 is 0 Å². The van der Waals surface area contributed by atoms with E-state index in [-0.39, 0.29) is 11.8 Å². The maximum absolute atomic E-state index is 13.6. The Morgan fingerprint density at radius 2 is 1.54 bits per heavy atom. The van der Waals surface area contributed by atoms with Gasteiger partial charge in [-0.05, 0) is 35.7 Å². The molecule has 0 atom stereocenters. The van der Waals surface area contributed by atoms with E-state index in [0.717, 1.165) is 28.1 Å². The number of anilines is 1. The van der Waals surface area contributed by atoms with E-state index in [9.17, 15) is 4.79 Å². The highest BCUT2D eigenvalue weighted by Gasteiger charge is 2.31. The normalized spacial score (nSPS) is 13.2. The van der Waals surface area contributed by atoms with Gasteiger partial charge in [0.15, 0.2) is 0 Å². The van der Waals surface area contributed by atoms with Crippen molar-refractivity contribution in [2.45, 2.75) is 12.8 Å². The highest BCUT2D eigenvalue weighted by atomic mass is 16.5. The minimum Gasteiger partial charge on any atom is -0.490 e. The number of hydrogen-bond donors (Lipinski definition) is 0. The molecule has 0 unspecified atom stereocenters. The predicted molar refractivity (Wildman–Crippen MR) is 104 cm³/mol. The number of fused-ring (bicyclic) bond motifs is 1. The van der Waals surface area contributed by atoms with E-state index in [2.05, 4.69) is 0 Å². The SMILES string of the molecule is Cc1ccc2c(c1)N(C(=O)C(c1ccccc1)c1ccccc1)CCO2. The molecule has 3 aromatic carbocycles. The third-order valence-electron chi connectivity index (χ3n) is 4.76. The van der Waals surface area contributed by atoms with Crippen LogP contribution in [0.3, 0.4) is 0 Å². The maximum atomic E-state index is 13.6. The van der Waals surface area contributed by atoms with E-state index < -0.39 is 0 Å². The van der Waals surface area contributed by atoms with Crippen LogP contribution in [0.2, 0.25) is 0 Å². The minimum absolute atomic E-state index is 0.0811. The molecule has 1 aliphatic heterocycles. The molecule has 130 valence electrons. The van der Waals surface area contributed by atoms with Crippen LogP contribution in [0.15, 0.2) is 78.9 Å². The molecule has 1 amide bonds. The van der Waals surface area contributed by atoms with Crippen LogP contribution in [-0.2, 0) is 4.79 Å². The quantitative estimate of drug-likeness (QED) is 0.698. The smallest absolute Gasteiger partial charge is 0.239 e. The van der Waals surface area contributed by atoms with Crippen molar-refractivity contribution < 1.29 is 9.53 Å². The summed E-state index contributed by atoms with van der Waals surface area (Å²) >= 11 is 0. The van der Waals surface area contributed by atoms with Crippen molar-refractivity contribution >= 4 is 11.6 Å². The number of rotatable bonds is 3. The lowest BCUT2D eigenvalue weighted by molar-refractivity contribution is -0.119. The Bertz CT molecular complexity index is 867. The number of nitrogens with zero attached hydrogens (tertiary/aromatic N) is 1. The fourth-order valence-corrected chi connectivity index (χ4v) is 3.48. The summed E-state index contributed by atoms with van der Waals surface area (Å²) in [5.41, 5.74) is 3.98. The first-order valence-corrected chi connectivity index (χ1v) is 8.89. The predicted octanol–water partition coefficient (Wildman–Crippen LogP) is 4.55. The van der Waals surface area contributed by atoms with Crippen molar-refractivity contribution in [1.82, 2.24) is 0 Å². The van der Waals surface area contributed by atoms with Crippen LogP contribution in [0.5, 0.6) is 5.75 Å². The van der Waals surface area contributed by atoms with Gasteiger partial charge >= 0.3 is 0 Å². The van der Waals surface area contributed by atoms with Gasteiger partial charge < -0.3 is 9.64 Å². The lowest BCUT2D eigenvalue weighted by Gasteiger charge is -2.33. The first-order valence-electron chi connectivity index (χ1n) is 8.89. The van der Waals surface area contributed by atoms with Gasteiger partial charge in [0.25, 0.3) is 0 Å². The number of benzene rings is 3. The second kappa shape index (κ2) is 7.04. The number of carbonyl (C=O) groups excluding carboxylic acids is 1. The highest BCUT2D eigenvalue weighted by Crippen LogP contribution is 2.36. The van der Waals surface area contributed by atoms with Gasteiger partial charge in [0.1, 0.15) is 12.4 Å². The second-order valence-corrected chi connectivity index (χ2v) is 6.56. The Kier molecular flexibility index (Phi) is 4.44. The molecule has 0 aromatic heterocycles. The summed E-state index contributed by atoms with van der Waals surface area (Å²) in [7, 11) is 0. The van der Waals surface area contributed by atoms with Crippen molar-refractivity contribution in [3.05, 3.63) is 95.6 Å². The molecule has 4 rings (SSSR count). The topological polar surface area (TPSA) is 29.5 Å². The fraction of sp³-hybridized carbons (Fsp3) is 0.174. The van der Waals surface area contributed by atoms with Crippen LogP contribution in [-0.4, -0.2) is 19.1 Å². The minimum atomic E-state index is -0.330. The molecule has 0 saturated heterocycles. The van der Waals surface area contributed by atoms with Gasteiger partial charge in [-0.2, -0.15) is 0 Å². The van der Waals surface area contributed by atoms with Gasteiger partial charge in [-0.3, -0.25) is 4.79 Å². The Hall–Kier alpha value is -3.07. The van der Waals surface area contributed by atoms with Crippen molar-refractivity contribution in [3.8, 4) is 5.75 Å². The van der Waals surface area contributed by atoms with Crippen molar-refractivity contribution in [1.29, 1.82) is 0 Å². The molecule has 0 spiro atoms. The van der Waals surface area contributed by atoms with Crippen molar-refractivity contribution in [3.63, 3.8) is 0 Å². The molecular weight excluding hydrogens is 322 g/mol. The van der Waals surface area contributed by atoms with Crippen LogP contribution >= 0.6 is 0 Å². The number of aryl methyl sites for hydroxylation is 1. The van der Waals surface area contributed by atoms with Crippen LogP contribution in [0.1, 0.15) is 22.6 Å². The third kappa shape index (κ3) is 3.08. The van der Waals surface area contributed by atoms with E-state index in [1.807, 2.05) is 90.7 Å². The molecule has 0 radical (unpaired) electrons. The zero-order valence-electron chi connectivity index (χ0n) is 14.8. The van der Waals surface area contributed by atoms with Crippen molar-refractivity contribution in [2.75, 3.05) is 18.1 Å². The summed E-state index contributed by atoms with van der Waals surface area (Å²) in [6.45, 7) is 3.10. The molecule has 0 bridgehead atoms. The molecule has 26 heavy (non-hydrogen) atoms. The number of carbonyl (C=O) groups is 1. The highest BCUT2D eigenvalue weighted by molar-refractivity contribution is 6.01. The summed E-state index contributed by atoms with van der Waals surface area (Å²) in [6, 6.07) is 26.0. The van der Waals surface area contributed by atoms with Crippen LogP contribution in [0.4, 0.5) is 5.69 Å². The average molecular weight is 343 g/mol. The monoisotopic (exact) mass is 343 g/mol. The number of hydrogen-bond acceptors (Lipinski definition) is 2. The Labute approximate surface area is 153 Å². The van der Waals surface area contributed by atoms with E-state index in [0.29, 0.717) is 13.2 Å². The van der Waals surface area contributed by atoms with E-state index in [4.69, 9.17) is 4.74 Å².